The SMILES string of the molecule is O=C(NC1CCSCC1)NC(C(=O)O)c1ccccc1. The number of thioether (sulfide) groups is 1. The molecule has 1 aliphatic heterocycles. The maximum Gasteiger partial charge on any atom is 0.330 e. The van der Waals surface area contributed by atoms with Gasteiger partial charge in [-0.1, -0.05) is 30.3 Å². The molecule has 1 heterocycles. The van der Waals surface area contributed by atoms with Crippen LogP contribution in [0.5, 0.6) is 0 Å². The van der Waals surface area contributed by atoms with Gasteiger partial charge in [0.25, 0.3) is 0 Å². The minimum Gasteiger partial charge on any atom is -0.479 e. The summed E-state index contributed by atoms with van der Waals surface area (Å²) < 4.78 is 0. The number of amides is 2. The fraction of sp³-hybridized carbons (Fsp3) is 0.429. The first-order chi connectivity index (χ1) is 9.66. The molecule has 0 bridgehead atoms. The van der Waals surface area contributed by atoms with E-state index in [1.807, 2.05) is 17.8 Å². The first-order valence-electron chi connectivity index (χ1n) is 6.59. The van der Waals surface area contributed by atoms with E-state index in [2.05, 4.69) is 10.6 Å². The monoisotopic (exact) mass is 294 g/mol. The first kappa shape index (κ1) is 14.7. The summed E-state index contributed by atoms with van der Waals surface area (Å²) in [7, 11) is 0. The second kappa shape index (κ2) is 7.19. The number of urea groups is 1. The van der Waals surface area contributed by atoms with Gasteiger partial charge in [0.2, 0.25) is 0 Å². The van der Waals surface area contributed by atoms with Crippen molar-refractivity contribution in [3.63, 3.8) is 0 Å². The third-order valence-corrected chi connectivity index (χ3v) is 4.26. The van der Waals surface area contributed by atoms with Gasteiger partial charge in [-0.25, -0.2) is 9.59 Å². The standard InChI is InChI=1S/C14H18N2O3S/c17-13(18)12(10-4-2-1-3-5-10)16-14(19)15-11-6-8-20-9-7-11/h1-5,11-12H,6-9H2,(H,17,18)(H2,15,16,19). The van der Waals surface area contributed by atoms with E-state index in [9.17, 15) is 14.7 Å². The lowest BCUT2D eigenvalue weighted by Crippen LogP contribution is -2.46. The predicted molar refractivity (Wildman–Crippen MR) is 78.8 cm³/mol. The molecule has 0 saturated carbocycles. The van der Waals surface area contributed by atoms with Crippen LogP contribution in [0.3, 0.4) is 0 Å². The van der Waals surface area contributed by atoms with Crippen LogP contribution in [-0.2, 0) is 4.79 Å². The van der Waals surface area contributed by atoms with Crippen molar-refractivity contribution in [3.05, 3.63) is 35.9 Å². The van der Waals surface area contributed by atoms with Crippen molar-refractivity contribution in [1.29, 1.82) is 0 Å². The van der Waals surface area contributed by atoms with Gasteiger partial charge < -0.3 is 15.7 Å². The summed E-state index contributed by atoms with van der Waals surface area (Å²) in [5.74, 6) is 1.00. The number of carboxylic acid groups (broad SMARTS) is 1. The molecule has 6 heteroatoms. The Bertz CT molecular complexity index is 461. The number of carbonyl (C=O) groups excluding carboxylic acids is 1. The van der Waals surface area contributed by atoms with Crippen LogP contribution in [0.25, 0.3) is 0 Å². The Morgan fingerprint density at radius 3 is 2.45 bits per heavy atom. The zero-order valence-corrected chi connectivity index (χ0v) is 11.9. The largest absolute Gasteiger partial charge is 0.479 e. The average molecular weight is 294 g/mol. The predicted octanol–water partition coefficient (Wildman–Crippen LogP) is 2.01. The molecule has 0 aromatic heterocycles. The number of aliphatic carboxylic acids is 1. The van der Waals surface area contributed by atoms with E-state index < -0.39 is 18.0 Å². The summed E-state index contributed by atoms with van der Waals surface area (Å²) in [5.41, 5.74) is 0.564. The molecule has 1 aromatic rings. The van der Waals surface area contributed by atoms with Crippen molar-refractivity contribution < 1.29 is 14.7 Å². The van der Waals surface area contributed by atoms with E-state index in [4.69, 9.17) is 0 Å². The molecular weight excluding hydrogens is 276 g/mol. The summed E-state index contributed by atoms with van der Waals surface area (Å²) in [6, 6.07) is 7.40. The van der Waals surface area contributed by atoms with Gasteiger partial charge in [-0.3, -0.25) is 0 Å². The molecule has 0 aliphatic carbocycles. The van der Waals surface area contributed by atoms with Crippen LogP contribution < -0.4 is 10.6 Å². The third kappa shape index (κ3) is 4.16. The summed E-state index contributed by atoms with van der Waals surface area (Å²) in [4.78, 5) is 23.2. The highest BCUT2D eigenvalue weighted by molar-refractivity contribution is 7.99. The lowest BCUT2D eigenvalue weighted by atomic mass is 10.1. The summed E-state index contributed by atoms with van der Waals surface area (Å²) in [6.07, 6.45) is 1.86. The lowest BCUT2D eigenvalue weighted by molar-refractivity contribution is -0.139. The maximum absolute atomic E-state index is 11.9. The van der Waals surface area contributed by atoms with E-state index >= 15 is 0 Å². The molecule has 5 nitrogen and oxygen atoms in total. The van der Waals surface area contributed by atoms with Gasteiger partial charge in [0.1, 0.15) is 0 Å². The highest BCUT2D eigenvalue weighted by Gasteiger charge is 2.23. The molecule has 20 heavy (non-hydrogen) atoms. The van der Waals surface area contributed by atoms with Gasteiger partial charge >= 0.3 is 12.0 Å². The molecule has 1 aliphatic rings. The van der Waals surface area contributed by atoms with Crippen molar-refractivity contribution in [3.8, 4) is 0 Å². The van der Waals surface area contributed by atoms with E-state index in [-0.39, 0.29) is 6.04 Å². The molecular formula is C14H18N2O3S. The number of benzene rings is 1. The smallest absolute Gasteiger partial charge is 0.330 e. The molecule has 0 radical (unpaired) electrons. The molecule has 3 N–H and O–H groups in total. The van der Waals surface area contributed by atoms with Gasteiger partial charge in [0.15, 0.2) is 6.04 Å². The average Bonchev–Trinajstić information content (AvgIpc) is 2.46. The molecule has 1 aromatic carbocycles. The fourth-order valence-electron chi connectivity index (χ4n) is 2.13. The Labute approximate surface area is 122 Å². The minimum atomic E-state index is -1.06. The molecule has 1 atom stereocenters. The van der Waals surface area contributed by atoms with E-state index in [1.54, 1.807) is 24.3 Å². The molecule has 2 amide bonds. The van der Waals surface area contributed by atoms with Gasteiger partial charge in [-0.15, -0.1) is 0 Å². The molecule has 1 unspecified atom stereocenters. The Kier molecular flexibility index (Phi) is 5.29. The zero-order chi connectivity index (χ0) is 14.4. The van der Waals surface area contributed by atoms with Crippen LogP contribution in [0.2, 0.25) is 0 Å². The zero-order valence-electron chi connectivity index (χ0n) is 11.0. The highest BCUT2D eigenvalue weighted by Crippen LogP contribution is 2.17. The van der Waals surface area contributed by atoms with Crippen LogP contribution in [-0.4, -0.2) is 34.7 Å². The summed E-state index contributed by atoms with van der Waals surface area (Å²) in [5, 5.41) is 14.6. The van der Waals surface area contributed by atoms with Crippen molar-refractivity contribution in [1.82, 2.24) is 10.6 Å². The Morgan fingerprint density at radius 2 is 1.85 bits per heavy atom. The Hall–Kier alpha value is -1.69. The molecule has 2 rings (SSSR count). The van der Waals surface area contributed by atoms with E-state index in [0.717, 1.165) is 24.3 Å². The van der Waals surface area contributed by atoms with Crippen LogP contribution in [0, 0.1) is 0 Å². The second-order valence-corrected chi connectivity index (χ2v) is 5.91. The number of rotatable bonds is 4. The normalized spacial score (nSPS) is 17.2. The van der Waals surface area contributed by atoms with Crippen molar-refractivity contribution in [2.24, 2.45) is 0 Å². The number of carboxylic acids is 1. The summed E-state index contributed by atoms with van der Waals surface area (Å²) in [6.45, 7) is 0. The van der Waals surface area contributed by atoms with Crippen molar-refractivity contribution >= 4 is 23.8 Å². The molecule has 108 valence electrons. The summed E-state index contributed by atoms with van der Waals surface area (Å²) >= 11 is 1.88. The van der Waals surface area contributed by atoms with Gasteiger partial charge in [0, 0.05) is 6.04 Å². The molecule has 1 fully saturated rings. The Balaban J connectivity index is 1.94. The van der Waals surface area contributed by atoms with Crippen LogP contribution in [0.1, 0.15) is 24.4 Å². The van der Waals surface area contributed by atoms with Gasteiger partial charge in [-0.05, 0) is 29.9 Å². The fourth-order valence-corrected chi connectivity index (χ4v) is 3.24. The topological polar surface area (TPSA) is 78.4 Å². The van der Waals surface area contributed by atoms with Crippen LogP contribution >= 0.6 is 11.8 Å². The lowest BCUT2D eigenvalue weighted by Gasteiger charge is -2.24. The van der Waals surface area contributed by atoms with Gasteiger partial charge in [-0.2, -0.15) is 11.8 Å². The number of hydrogen-bond acceptors (Lipinski definition) is 3. The second-order valence-electron chi connectivity index (χ2n) is 4.69. The Morgan fingerprint density at radius 1 is 1.20 bits per heavy atom. The highest BCUT2D eigenvalue weighted by atomic mass is 32.2. The third-order valence-electron chi connectivity index (χ3n) is 3.21. The van der Waals surface area contributed by atoms with Crippen LogP contribution in [0.15, 0.2) is 30.3 Å². The number of carbonyl (C=O) groups is 2. The van der Waals surface area contributed by atoms with Crippen molar-refractivity contribution in [2.45, 2.75) is 24.9 Å². The number of hydrogen-bond donors (Lipinski definition) is 3. The van der Waals surface area contributed by atoms with Crippen molar-refractivity contribution in [2.75, 3.05) is 11.5 Å². The first-order valence-corrected chi connectivity index (χ1v) is 7.75. The minimum absolute atomic E-state index is 0.140. The number of nitrogens with one attached hydrogen (secondary N) is 2. The maximum atomic E-state index is 11.9. The van der Waals surface area contributed by atoms with E-state index in [1.165, 1.54) is 0 Å². The molecule has 1 saturated heterocycles. The van der Waals surface area contributed by atoms with E-state index in [0.29, 0.717) is 5.56 Å². The van der Waals surface area contributed by atoms with Gasteiger partial charge in [0.05, 0.1) is 0 Å². The molecule has 0 spiro atoms. The van der Waals surface area contributed by atoms with Crippen LogP contribution in [0.4, 0.5) is 4.79 Å². The quantitative estimate of drug-likeness (QED) is 0.793.